The fourth-order valence-electron chi connectivity index (χ4n) is 3.29. The smallest absolute Gasteiger partial charge is 0.269 e. The minimum Gasteiger partial charge on any atom is -0.269 e. The van der Waals surface area contributed by atoms with Crippen molar-refractivity contribution in [2.24, 2.45) is 0 Å². The molecular formula is C18H10N2O2. The summed E-state index contributed by atoms with van der Waals surface area (Å²) in [7, 11) is 0. The van der Waals surface area contributed by atoms with Gasteiger partial charge in [0.1, 0.15) is 11.0 Å². The zero-order chi connectivity index (χ0) is 14.8. The molecule has 5 rings (SSSR count). The molecule has 3 aromatic heterocycles. The summed E-state index contributed by atoms with van der Waals surface area (Å²) in [5, 5.41) is 1.79. The Bertz CT molecular complexity index is 1210. The van der Waals surface area contributed by atoms with E-state index < -0.39 is 0 Å². The molecule has 2 aromatic carbocycles. The van der Waals surface area contributed by atoms with Crippen LogP contribution in [0.15, 0.2) is 70.3 Å². The number of nitrogens with zero attached hydrogens (tertiary/aromatic N) is 2. The molecule has 0 bridgehead atoms. The van der Waals surface area contributed by atoms with E-state index >= 15 is 0 Å². The van der Waals surface area contributed by atoms with Crippen LogP contribution in [0.2, 0.25) is 0 Å². The number of aromatic nitrogens is 2. The van der Waals surface area contributed by atoms with Gasteiger partial charge in [0.2, 0.25) is 0 Å². The van der Waals surface area contributed by atoms with E-state index in [0.29, 0.717) is 11.0 Å². The van der Waals surface area contributed by atoms with Crippen molar-refractivity contribution in [3.8, 4) is 0 Å². The Morgan fingerprint density at radius 3 is 1.41 bits per heavy atom. The molecule has 0 fully saturated rings. The zero-order valence-electron chi connectivity index (χ0n) is 11.5. The van der Waals surface area contributed by atoms with Crippen molar-refractivity contribution < 1.29 is 0 Å². The molecule has 3 heterocycles. The molecule has 0 amide bonds. The summed E-state index contributed by atoms with van der Waals surface area (Å²) < 4.78 is 3.04. The van der Waals surface area contributed by atoms with Crippen molar-refractivity contribution in [1.82, 2.24) is 8.80 Å². The van der Waals surface area contributed by atoms with E-state index in [9.17, 15) is 9.59 Å². The summed E-state index contributed by atoms with van der Waals surface area (Å²) in [5.41, 5.74) is 2.05. The second-order valence-corrected chi connectivity index (χ2v) is 5.46. The Morgan fingerprint density at radius 2 is 0.955 bits per heavy atom. The Kier molecular flexibility index (Phi) is 1.96. The van der Waals surface area contributed by atoms with E-state index in [1.54, 1.807) is 12.1 Å². The SMILES string of the molecule is O=c1c2cc3ccccc3n2c(=O)c2cc3ccccc3n12. The van der Waals surface area contributed by atoms with Gasteiger partial charge in [0.05, 0.1) is 11.0 Å². The predicted octanol–water partition coefficient (Wildman–Crippen LogP) is 2.66. The lowest BCUT2D eigenvalue weighted by molar-refractivity contribution is 1.07. The lowest BCUT2D eigenvalue weighted by Gasteiger charge is -1.99. The molecule has 0 atom stereocenters. The van der Waals surface area contributed by atoms with Crippen LogP contribution in [-0.2, 0) is 0 Å². The van der Waals surface area contributed by atoms with E-state index in [1.165, 1.54) is 8.80 Å². The maximum Gasteiger partial charge on any atom is 0.280 e. The summed E-state index contributed by atoms with van der Waals surface area (Å²) in [4.78, 5) is 25.8. The Hall–Kier alpha value is -3.14. The summed E-state index contributed by atoms with van der Waals surface area (Å²) in [5.74, 6) is 0. The second-order valence-electron chi connectivity index (χ2n) is 5.46. The molecule has 0 saturated carbocycles. The largest absolute Gasteiger partial charge is 0.280 e. The molecule has 0 N–H and O–H groups in total. The van der Waals surface area contributed by atoms with Gasteiger partial charge in [-0.15, -0.1) is 0 Å². The van der Waals surface area contributed by atoms with E-state index in [4.69, 9.17) is 0 Å². The van der Waals surface area contributed by atoms with Crippen molar-refractivity contribution in [3.05, 3.63) is 81.4 Å². The number of para-hydroxylation sites is 2. The first-order valence-electron chi connectivity index (χ1n) is 7.06. The number of hydrogen-bond acceptors (Lipinski definition) is 2. The third kappa shape index (κ3) is 1.22. The third-order valence-corrected chi connectivity index (χ3v) is 4.27. The standard InChI is InChI=1S/C18H10N2O2/c21-17-15-9-11-5-1-3-7-13(11)19(15)18(22)16-10-12-6-2-4-8-14(12)20(16)17/h1-10H. The van der Waals surface area contributed by atoms with Crippen LogP contribution in [0.25, 0.3) is 32.8 Å². The highest BCUT2D eigenvalue weighted by molar-refractivity contribution is 5.91. The van der Waals surface area contributed by atoms with Gasteiger partial charge in [0.25, 0.3) is 11.1 Å². The van der Waals surface area contributed by atoms with Gasteiger partial charge in [0, 0.05) is 10.8 Å². The topological polar surface area (TPSA) is 43.0 Å². The Balaban J connectivity index is 2.21. The van der Waals surface area contributed by atoms with Crippen molar-refractivity contribution in [2.45, 2.75) is 0 Å². The maximum absolute atomic E-state index is 12.9. The average Bonchev–Trinajstić information content (AvgIpc) is 3.12. The monoisotopic (exact) mass is 286 g/mol. The van der Waals surface area contributed by atoms with Crippen molar-refractivity contribution in [2.75, 3.05) is 0 Å². The van der Waals surface area contributed by atoms with Crippen molar-refractivity contribution in [3.63, 3.8) is 0 Å². The van der Waals surface area contributed by atoms with Crippen LogP contribution in [0.4, 0.5) is 0 Å². The van der Waals surface area contributed by atoms with E-state index in [0.717, 1.165) is 21.8 Å². The lowest BCUT2D eigenvalue weighted by Crippen LogP contribution is -2.25. The molecule has 0 aliphatic heterocycles. The van der Waals surface area contributed by atoms with Gasteiger partial charge in [-0.25, -0.2) is 0 Å². The molecule has 4 nitrogen and oxygen atoms in total. The van der Waals surface area contributed by atoms with E-state index in [2.05, 4.69) is 0 Å². The summed E-state index contributed by atoms with van der Waals surface area (Å²) in [6.07, 6.45) is 0. The number of rotatable bonds is 0. The minimum atomic E-state index is -0.160. The first-order chi connectivity index (χ1) is 10.8. The molecule has 0 aliphatic carbocycles. The quantitative estimate of drug-likeness (QED) is 0.439. The minimum absolute atomic E-state index is 0.160. The Labute approximate surface area is 123 Å². The molecule has 0 aliphatic rings. The molecule has 0 unspecified atom stereocenters. The highest BCUT2D eigenvalue weighted by Gasteiger charge is 2.15. The molecule has 5 aromatic rings. The van der Waals surface area contributed by atoms with E-state index in [-0.39, 0.29) is 11.1 Å². The average molecular weight is 286 g/mol. The Morgan fingerprint density at radius 1 is 0.545 bits per heavy atom. The molecule has 0 saturated heterocycles. The number of fused-ring (bicyclic) bond motifs is 6. The van der Waals surface area contributed by atoms with Crippen LogP contribution < -0.4 is 11.1 Å². The highest BCUT2D eigenvalue weighted by Crippen LogP contribution is 2.20. The van der Waals surface area contributed by atoms with Crippen LogP contribution in [0.5, 0.6) is 0 Å². The van der Waals surface area contributed by atoms with Gasteiger partial charge >= 0.3 is 0 Å². The second kappa shape index (κ2) is 3.74. The molecule has 22 heavy (non-hydrogen) atoms. The molecular weight excluding hydrogens is 276 g/mol. The fraction of sp³-hybridized carbons (Fsp3) is 0. The van der Waals surface area contributed by atoms with Crippen LogP contribution in [0, 0.1) is 0 Å². The van der Waals surface area contributed by atoms with Gasteiger partial charge in [0.15, 0.2) is 0 Å². The van der Waals surface area contributed by atoms with Gasteiger partial charge < -0.3 is 0 Å². The van der Waals surface area contributed by atoms with Crippen molar-refractivity contribution >= 4 is 32.8 Å². The van der Waals surface area contributed by atoms with Crippen LogP contribution in [0.3, 0.4) is 0 Å². The zero-order valence-corrected chi connectivity index (χ0v) is 11.5. The third-order valence-electron chi connectivity index (χ3n) is 4.27. The van der Waals surface area contributed by atoms with Gasteiger partial charge in [-0.1, -0.05) is 36.4 Å². The van der Waals surface area contributed by atoms with Crippen LogP contribution in [-0.4, -0.2) is 8.80 Å². The maximum atomic E-state index is 12.9. The van der Waals surface area contributed by atoms with Gasteiger partial charge in [-0.2, -0.15) is 0 Å². The first kappa shape index (κ1) is 11.5. The number of hydrogen-bond donors (Lipinski definition) is 0. The highest BCUT2D eigenvalue weighted by atomic mass is 16.1. The summed E-state index contributed by atoms with van der Waals surface area (Å²) in [6, 6.07) is 18.7. The summed E-state index contributed by atoms with van der Waals surface area (Å²) in [6.45, 7) is 0. The normalized spacial score (nSPS) is 12.0. The number of benzene rings is 2. The van der Waals surface area contributed by atoms with Gasteiger partial charge in [-0.3, -0.25) is 18.4 Å². The molecule has 0 radical (unpaired) electrons. The molecule has 4 heteroatoms. The fourth-order valence-corrected chi connectivity index (χ4v) is 3.29. The van der Waals surface area contributed by atoms with Crippen LogP contribution in [0.1, 0.15) is 0 Å². The van der Waals surface area contributed by atoms with Crippen LogP contribution >= 0.6 is 0 Å². The molecule has 104 valence electrons. The predicted molar refractivity (Wildman–Crippen MR) is 87.1 cm³/mol. The van der Waals surface area contributed by atoms with E-state index in [1.807, 2.05) is 48.5 Å². The first-order valence-corrected chi connectivity index (χ1v) is 7.06. The lowest BCUT2D eigenvalue weighted by atomic mass is 10.2. The summed E-state index contributed by atoms with van der Waals surface area (Å²) >= 11 is 0. The molecule has 0 spiro atoms. The van der Waals surface area contributed by atoms with Gasteiger partial charge in [-0.05, 0) is 24.3 Å². The van der Waals surface area contributed by atoms with Crippen molar-refractivity contribution in [1.29, 1.82) is 0 Å².